The highest BCUT2D eigenvalue weighted by molar-refractivity contribution is 5.97. The molecule has 0 saturated heterocycles. The largest absolute Gasteiger partial charge is 0.368 e. The van der Waals surface area contributed by atoms with Crippen LogP contribution in [0.1, 0.15) is 36.7 Å². The predicted octanol–water partition coefficient (Wildman–Crippen LogP) is 3.65. The number of hydrogen-bond donors (Lipinski definition) is 1. The number of carbonyl (C=O) groups is 1. The molecule has 0 aliphatic carbocycles. The van der Waals surface area contributed by atoms with Crippen LogP contribution in [0.4, 0.5) is 10.3 Å². The van der Waals surface area contributed by atoms with Crippen molar-refractivity contribution in [3.8, 4) is 11.4 Å². The van der Waals surface area contributed by atoms with Crippen molar-refractivity contribution in [3.05, 3.63) is 65.5 Å². The molecule has 25 heavy (non-hydrogen) atoms. The molecular formula is C19H19FN4O. The van der Waals surface area contributed by atoms with E-state index >= 15 is 0 Å². The number of anilines is 1. The molecule has 0 unspecified atom stereocenters. The van der Waals surface area contributed by atoms with Gasteiger partial charge >= 0.3 is 0 Å². The van der Waals surface area contributed by atoms with Crippen LogP contribution < -0.4 is 5.73 Å². The Bertz CT molecular complexity index is 906. The number of hydrogen-bond acceptors (Lipinski definition) is 4. The third-order valence-corrected chi connectivity index (χ3v) is 3.92. The Balaban J connectivity index is 1.91. The highest BCUT2D eigenvalue weighted by Gasteiger charge is 2.18. The second-order valence-electron chi connectivity index (χ2n) is 6.84. The van der Waals surface area contributed by atoms with Gasteiger partial charge < -0.3 is 5.73 Å². The summed E-state index contributed by atoms with van der Waals surface area (Å²) < 4.78 is 14.1. The molecule has 1 aromatic heterocycles. The topological polar surface area (TPSA) is 73.8 Å². The van der Waals surface area contributed by atoms with Gasteiger partial charge in [-0.15, -0.1) is 5.10 Å². The molecule has 0 amide bonds. The molecule has 2 aromatic carbocycles. The lowest BCUT2D eigenvalue weighted by Crippen LogP contribution is -2.17. The van der Waals surface area contributed by atoms with E-state index in [1.165, 1.54) is 24.3 Å². The van der Waals surface area contributed by atoms with Crippen molar-refractivity contribution in [1.29, 1.82) is 0 Å². The van der Waals surface area contributed by atoms with E-state index in [9.17, 15) is 9.18 Å². The van der Waals surface area contributed by atoms with E-state index in [2.05, 4.69) is 30.9 Å². The van der Waals surface area contributed by atoms with Crippen LogP contribution in [0.3, 0.4) is 0 Å². The fourth-order valence-electron chi connectivity index (χ4n) is 2.43. The second kappa shape index (κ2) is 6.12. The molecular weight excluding hydrogens is 319 g/mol. The van der Waals surface area contributed by atoms with Gasteiger partial charge in [-0.3, -0.25) is 4.79 Å². The molecule has 3 aromatic rings. The molecule has 128 valence electrons. The third kappa shape index (κ3) is 3.42. The van der Waals surface area contributed by atoms with E-state index < -0.39 is 0 Å². The molecule has 1 heterocycles. The maximum Gasteiger partial charge on any atom is 0.281 e. The van der Waals surface area contributed by atoms with Gasteiger partial charge in [0.1, 0.15) is 5.82 Å². The molecule has 0 aliphatic rings. The normalized spacial score (nSPS) is 11.5. The van der Waals surface area contributed by atoms with Gasteiger partial charge in [0, 0.05) is 11.1 Å². The maximum atomic E-state index is 13.0. The van der Waals surface area contributed by atoms with Gasteiger partial charge in [0.15, 0.2) is 5.82 Å². The summed E-state index contributed by atoms with van der Waals surface area (Å²) in [4.78, 5) is 16.7. The zero-order valence-corrected chi connectivity index (χ0v) is 14.3. The van der Waals surface area contributed by atoms with E-state index in [4.69, 9.17) is 5.73 Å². The lowest BCUT2D eigenvalue weighted by Gasteiger charge is -2.18. The Labute approximate surface area is 145 Å². The Hall–Kier alpha value is -3.02. The van der Waals surface area contributed by atoms with Gasteiger partial charge in [-0.1, -0.05) is 32.9 Å². The van der Waals surface area contributed by atoms with Crippen molar-refractivity contribution >= 4 is 11.9 Å². The van der Waals surface area contributed by atoms with Gasteiger partial charge in [0.05, 0.1) is 0 Å². The quantitative estimate of drug-likeness (QED) is 0.774. The van der Waals surface area contributed by atoms with Gasteiger partial charge in [-0.25, -0.2) is 4.39 Å². The number of nitrogen functional groups attached to an aromatic ring is 1. The van der Waals surface area contributed by atoms with Crippen molar-refractivity contribution in [2.75, 3.05) is 5.73 Å². The molecule has 0 bridgehead atoms. The van der Waals surface area contributed by atoms with Gasteiger partial charge in [0.2, 0.25) is 5.95 Å². The lowest BCUT2D eigenvalue weighted by atomic mass is 9.87. The molecule has 0 atom stereocenters. The Morgan fingerprint density at radius 3 is 2.20 bits per heavy atom. The smallest absolute Gasteiger partial charge is 0.281 e. The van der Waals surface area contributed by atoms with E-state index in [0.29, 0.717) is 11.1 Å². The van der Waals surface area contributed by atoms with Crippen LogP contribution in [0.2, 0.25) is 0 Å². The first-order valence-corrected chi connectivity index (χ1v) is 7.89. The highest BCUT2D eigenvalue weighted by atomic mass is 19.1. The van der Waals surface area contributed by atoms with Gasteiger partial charge in [-0.2, -0.15) is 9.67 Å². The Morgan fingerprint density at radius 2 is 1.64 bits per heavy atom. The third-order valence-electron chi connectivity index (χ3n) is 3.92. The maximum absolute atomic E-state index is 13.0. The van der Waals surface area contributed by atoms with Crippen LogP contribution in [0.25, 0.3) is 11.4 Å². The summed E-state index contributed by atoms with van der Waals surface area (Å²) in [6.45, 7) is 6.32. The Kier molecular flexibility index (Phi) is 4.12. The number of rotatable bonds is 2. The molecule has 5 nitrogen and oxygen atoms in total. The summed E-state index contributed by atoms with van der Waals surface area (Å²) in [7, 11) is 0. The van der Waals surface area contributed by atoms with Crippen molar-refractivity contribution < 1.29 is 9.18 Å². The Morgan fingerprint density at radius 1 is 1.04 bits per heavy atom. The highest BCUT2D eigenvalue weighted by Crippen LogP contribution is 2.23. The van der Waals surface area contributed by atoms with E-state index in [-0.39, 0.29) is 28.9 Å². The molecule has 0 spiro atoms. The predicted molar refractivity (Wildman–Crippen MR) is 94.7 cm³/mol. The zero-order valence-electron chi connectivity index (χ0n) is 14.3. The molecule has 0 saturated carbocycles. The van der Waals surface area contributed by atoms with Crippen molar-refractivity contribution in [2.45, 2.75) is 26.2 Å². The monoisotopic (exact) mass is 338 g/mol. The first-order chi connectivity index (χ1) is 11.8. The van der Waals surface area contributed by atoms with Crippen molar-refractivity contribution in [3.63, 3.8) is 0 Å². The minimum absolute atomic E-state index is 0.00358. The number of halogens is 1. The number of benzene rings is 2. The van der Waals surface area contributed by atoms with E-state index in [0.717, 1.165) is 10.2 Å². The lowest BCUT2D eigenvalue weighted by molar-refractivity contribution is 0.0948. The van der Waals surface area contributed by atoms with Crippen LogP contribution in [-0.4, -0.2) is 20.7 Å². The summed E-state index contributed by atoms with van der Waals surface area (Å²) in [6.07, 6.45) is 0. The molecule has 0 radical (unpaired) electrons. The minimum Gasteiger partial charge on any atom is -0.368 e. The van der Waals surface area contributed by atoms with Crippen LogP contribution in [0, 0.1) is 5.82 Å². The molecule has 0 fully saturated rings. The first kappa shape index (κ1) is 16.8. The zero-order chi connectivity index (χ0) is 18.2. The minimum atomic E-state index is -0.362. The fourth-order valence-corrected chi connectivity index (χ4v) is 2.43. The summed E-state index contributed by atoms with van der Waals surface area (Å²) in [5.74, 6) is -0.452. The van der Waals surface area contributed by atoms with Crippen LogP contribution >= 0.6 is 0 Å². The SMILES string of the molecule is CC(C)(C)c1ccc(C(=O)n2nc(-c3ccc(F)cc3)nc2N)cc1. The first-order valence-electron chi connectivity index (χ1n) is 7.89. The molecule has 6 heteroatoms. The fraction of sp³-hybridized carbons (Fsp3) is 0.211. The standard InChI is InChI=1S/C19H19FN4O/c1-19(2,3)14-8-4-13(5-9-14)17(25)24-18(21)22-16(23-24)12-6-10-15(20)11-7-12/h4-11H,1-3H3,(H2,21,22,23). The summed E-state index contributed by atoms with van der Waals surface area (Å²) in [5.41, 5.74) is 8.03. The van der Waals surface area contributed by atoms with E-state index in [1.807, 2.05) is 12.1 Å². The number of carbonyl (C=O) groups excluding carboxylic acids is 1. The number of aromatic nitrogens is 3. The average Bonchev–Trinajstić information content (AvgIpc) is 2.96. The summed E-state index contributed by atoms with van der Waals surface area (Å²) in [6, 6.07) is 13.0. The summed E-state index contributed by atoms with van der Waals surface area (Å²) in [5, 5.41) is 4.17. The van der Waals surface area contributed by atoms with Crippen LogP contribution in [-0.2, 0) is 5.41 Å². The van der Waals surface area contributed by atoms with Crippen molar-refractivity contribution in [1.82, 2.24) is 14.8 Å². The number of nitrogens with zero attached hydrogens (tertiary/aromatic N) is 3. The van der Waals surface area contributed by atoms with Crippen LogP contribution in [0.15, 0.2) is 48.5 Å². The van der Waals surface area contributed by atoms with Crippen LogP contribution in [0.5, 0.6) is 0 Å². The molecule has 3 rings (SSSR count). The van der Waals surface area contributed by atoms with Crippen molar-refractivity contribution in [2.24, 2.45) is 0 Å². The molecule has 0 aliphatic heterocycles. The second-order valence-corrected chi connectivity index (χ2v) is 6.84. The summed E-state index contributed by atoms with van der Waals surface area (Å²) >= 11 is 0. The number of nitrogens with two attached hydrogens (primary N) is 1. The molecule has 2 N–H and O–H groups in total. The van der Waals surface area contributed by atoms with Gasteiger partial charge in [-0.05, 0) is 47.4 Å². The van der Waals surface area contributed by atoms with E-state index in [1.54, 1.807) is 12.1 Å². The van der Waals surface area contributed by atoms with Gasteiger partial charge in [0.25, 0.3) is 5.91 Å². The average molecular weight is 338 g/mol.